The summed E-state index contributed by atoms with van der Waals surface area (Å²) in [7, 11) is -2.22. The van der Waals surface area contributed by atoms with Crippen LogP contribution in [0, 0.1) is 10.1 Å². The van der Waals surface area contributed by atoms with Crippen molar-refractivity contribution in [1.82, 2.24) is 4.72 Å². The average molecular weight is 321 g/mol. The van der Waals surface area contributed by atoms with Crippen LogP contribution in [0.15, 0.2) is 10.3 Å². The highest BCUT2D eigenvalue weighted by atomic mass is 32.2. The number of rotatable bonds is 5. The van der Waals surface area contributed by atoms with Gasteiger partial charge in [0.25, 0.3) is 10.0 Å². The van der Waals surface area contributed by atoms with Crippen molar-refractivity contribution in [3.05, 3.63) is 16.2 Å². The lowest BCUT2D eigenvalue weighted by Gasteiger charge is -2.22. The van der Waals surface area contributed by atoms with E-state index in [9.17, 15) is 18.5 Å². The number of hydrogen-bond donors (Lipinski definition) is 2. The first-order chi connectivity index (χ1) is 9.44. The third-order valence-electron chi connectivity index (χ3n) is 2.92. The molecule has 2 rings (SSSR count). The van der Waals surface area contributed by atoms with Crippen LogP contribution < -0.4 is 10.0 Å². The second-order valence-corrected chi connectivity index (χ2v) is 7.29. The number of nitrogens with zero attached hydrogens (tertiary/aromatic N) is 1. The van der Waals surface area contributed by atoms with Gasteiger partial charge in [0.15, 0.2) is 5.00 Å². The molecule has 0 aliphatic carbocycles. The second-order valence-electron chi connectivity index (χ2n) is 4.29. The molecule has 1 fully saturated rings. The van der Waals surface area contributed by atoms with Gasteiger partial charge < -0.3 is 10.1 Å². The van der Waals surface area contributed by atoms with Gasteiger partial charge in [0.2, 0.25) is 0 Å². The number of nitro groups is 1. The number of sulfonamides is 1. The molecular formula is C10H15N3O5S2. The fraction of sp³-hybridized carbons (Fsp3) is 0.600. The number of ether oxygens (including phenoxy) is 1. The minimum Gasteiger partial charge on any atom is -0.381 e. The Hall–Kier alpha value is -1.23. The Morgan fingerprint density at radius 2 is 2.10 bits per heavy atom. The molecule has 0 spiro atoms. The van der Waals surface area contributed by atoms with Gasteiger partial charge in [-0.3, -0.25) is 10.1 Å². The topological polar surface area (TPSA) is 111 Å². The van der Waals surface area contributed by atoms with Crippen LogP contribution in [0.25, 0.3) is 0 Å². The highest BCUT2D eigenvalue weighted by Gasteiger charge is 2.28. The highest BCUT2D eigenvalue weighted by Crippen LogP contribution is 2.36. The normalized spacial score (nSPS) is 17.1. The fourth-order valence-corrected chi connectivity index (χ4v) is 4.50. The predicted octanol–water partition coefficient (Wildman–Crippen LogP) is 1.16. The third-order valence-corrected chi connectivity index (χ3v) is 6.06. The first-order valence-corrected chi connectivity index (χ1v) is 8.30. The maximum absolute atomic E-state index is 12.2. The summed E-state index contributed by atoms with van der Waals surface area (Å²) < 4.78 is 32.1. The maximum Gasteiger partial charge on any atom is 0.304 e. The third kappa shape index (κ3) is 3.26. The zero-order chi connectivity index (χ0) is 14.8. The van der Waals surface area contributed by atoms with E-state index in [0.29, 0.717) is 26.1 Å². The Bertz CT molecular complexity index is 592. The maximum atomic E-state index is 12.2. The van der Waals surface area contributed by atoms with Gasteiger partial charge in [-0.25, -0.2) is 13.1 Å². The first kappa shape index (κ1) is 15.2. The van der Waals surface area contributed by atoms with E-state index < -0.39 is 14.9 Å². The first-order valence-electron chi connectivity index (χ1n) is 6.00. The molecular weight excluding hydrogens is 306 g/mol. The monoisotopic (exact) mass is 321 g/mol. The Kier molecular flexibility index (Phi) is 4.58. The van der Waals surface area contributed by atoms with Crippen molar-refractivity contribution in [2.45, 2.75) is 23.1 Å². The van der Waals surface area contributed by atoms with Crippen molar-refractivity contribution in [1.29, 1.82) is 0 Å². The van der Waals surface area contributed by atoms with E-state index in [4.69, 9.17) is 4.74 Å². The van der Waals surface area contributed by atoms with E-state index in [2.05, 4.69) is 10.0 Å². The Labute approximate surface area is 120 Å². The van der Waals surface area contributed by atoms with E-state index in [0.717, 1.165) is 17.4 Å². The molecule has 0 unspecified atom stereocenters. The molecule has 0 amide bonds. The van der Waals surface area contributed by atoms with Crippen molar-refractivity contribution in [3.63, 3.8) is 0 Å². The summed E-state index contributed by atoms with van der Waals surface area (Å²) in [6.07, 6.45) is 1.21. The number of anilines is 1. The van der Waals surface area contributed by atoms with Crippen molar-refractivity contribution in [2.75, 3.05) is 25.6 Å². The number of thiophene rings is 1. The molecule has 1 aromatic rings. The molecule has 1 aromatic heterocycles. The van der Waals surface area contributed by atoms with E-state index in [1.54, 1.807) is 0 Å². The second kappa shape index (κ2) is 6.04. The zero-order valence-electron chi connectivity index (χ0n) is 10.8. The largest absolute Gasteiger partial charge is 0.381 e. The summed E-state index contributed by atoms with van der Waals surface area (Å²) in [6.45, 7) is 1.03. The SMILES string of the molecule is CNc1sc(S(=O)(=O)NC2CCOCC2)cc1[N+](=O)[O-]. The van der Waals surface area contributed by atoms with Crippen LogP contribution in [0.4, 0.5) is 10.7 Å². The molecule has 2 heterocycles. The summed E-state index contributed by atoms with van der Waals surface area (Å²) in [6, 6.07) is 0.894. The lowest BCUT2D eigenvalue weighted by atomic mass is 10.1. The lowest BCUT2D eigenvalue weighted by molar-refractivity contribution is -0.383. The minimum absolute atomic E-state index is 0.0555. The van der Waals surface area contributed by atoms with Crippen molar-refractivity contribution < 1.29 is 18.1 Å². The molecule has 0 atom stereocenters. The van der Waals surface area contributed by atoms with Crippen molar-refractivity contribution >= 4 is 32.0 Å². The molecule has 10 heteroatoms. The van der Waals surface area contributed by atoms with Crippen LogP contribution in [0.1, 0.15) is 12.8 Å². The molecule has 1 saturated heterocycles. The average Bonchev–Trinajstić information content (AvgIpc) is 2.84. The molecule has 0 saturated carbocycles. The standard InChI is InChI=1S/C10H15N3O5S2/c1-11-10-8(13(14)15)6-9(19-10)20(16,17)12-7-2-4-18-5-3-7/h6-7,11-12H,2-5H2,1H3. The molecule has 20 heavy (non-hydrogen) atoms. The van der Waals surface area contributed by atoms with E-state index in [-0.39, 0.29) is 20.9 Å². The van der Waals surface area contributed by atoms with Gasteiger partial charge in [0.1, 0.15) is 4.21 Å². The van der Waals surface area contributed by atoms with E-state index >= 15 is 0 Å². The molecule has 0 aromatic carbocycles. The Morgan fingerprint density at radius 1 is 1.45 bits per heavy atom. The van der Waals surface area contributed by atoms with Gasteiger partial charge >= 0.3 is 5.69 Å². The Morgan fingerprint density at radius 3 is 2.60 bits per heavy atom. The fourth-order valence-electron chi connectivity index (χ4n) is 1.90. The van der Waals surface area contributed by atoms with Gasteiger partial charge in [0.05, 0.1) is 4.92 Å². The molecule has 8 nitrogen and oxygen atoms in total. The summed E-state index contributed by atoms with van der Waals surface area (Å²) in [5.41, 5.74) is -0.232. The van der Waals surface area contributed by atoms with Crippen LogP contribution in [0.3, 0.4) is 0 Å². The van der Waals surface area contributed by atoms with Gasteiger partial charge in [0, 0.05) is 32.4 Å². The predicted molar refractivity (Wildman–Crippen MR) is 74.7 cm³/mol. The van der Waals surface area contributed by atoms with Gasteiger partial charge in [-0.15, -0.1) is 0 Å². The van der Waals surface area contributed by atoms with Gasteiger partial charge in [-0.05, 0) is 12.8 Å². The van der Waals surface area contributed by atoms with Gasteiger partial charge in [-0.1, -0.05) is 11.3 Å². The van der Waals surface area contributed by atoms with Crippen molar-refractivity contribution in [2.24, 2.45) is 0 Å². The molecule has 1 aliphatic rings. The number of nitrogens with one attached hydrogen (secondary N) is 2. The zero-order valence-corrected chi connectivity index (χ0v) is 12.4. The molecule has 0 radical (unpaired) electrons. The summed E-state index contributed by atoms with van der Waals surface area (Å²) in [5, 5.41) is 13.7. The summed E-state index contributed by atoms with van der Waals surface area (Å²) in [4.78, 5) is 10.3. The van der Waals surface area contributed by atoms with Gasteiger partial charge in [-0.2, -0.15) is 0 Å². The summed E-state index contributed by atoms with van der Waals surface area (Å²) >= 11 is 0.849. The van der Waals surface area contributed by atoms with Crippen molar-refractivity contribution in [3.8, 4) is 0 Å². The number of hydrogen-bond acceptors (Lipinski definition) is 7. The van der Waals surface area contributed by atoms with Crippen LogP contribution in [-0.4, -0.2) is 39.6 Å². The van der Waals surface area contributed by atoms with Crippen LogP contribution in [0.2, 0.25) is 0 Å². The minimum atomic E-state index is -3.74. The quantitative estimate of drug-likeness (QED) is 0.622. The van der Waals surface area contributed by atoms with E-state index in [1.807, 2.05) is 0 Å². The van der Waals surface area contributed by atoms with Crippen LogP contribution in [-0.2, 0) is 14.8 Å². The lowest BCUT2D eigenvalue weighted by Crippen LogP contribution is -2.38. The highest BCUT2D eigenvalue weighted by molar-refractivity contribution is 7.91. The Balaban J connectivity index is 2.22. The summed E-state index contributed by atoms with van der Waals surface area (Å²) in [5.74, 6) is 0. The van der Waals surface area contributed by atoms with Crippen LogP contribution in [0.5, 0.6) is 0 Å². The van der Waals surface area contributed by atoms with Crippen LogP contribution >= 0.6 is 11.3 Å². The smallest absolute Gasteiger partial charge is 0.304 e. The molecule has 1 aliphatic heterocycles. The molecule has 0 bridgehead atoms. The van der Waals surface area contributed by atoms with E-state index in [1.165, 1.54) is 7.05 Å². The molecule has 2 N–H and O–H groups in total. The molecule has 112 valence electrons.